The standard InChI is InChI=1S/C14H20FNO/c15-14-5-2-1-4-13(14)10-16-8-3-9-17-11-12-6-7-12/h1-2,4-5,12,16H,3,6-11H2. The van der Waals surface area contributed by atoms with E-state index in [-0.39, 0.29) is 5.82 Å². The Balaban J connectivity index is 1.49. The highest BCUT2D eigenvalue weighted by Gasteiger charge is 2.20. The molecule has 0 aliphatic heterocycles. The zero-order chi connectivity index (χ0) is 11.9. The number of halogens is 1. The first-order chi connectivity index (χ1) is 8.36. The van der Waals surface area contributed by atoms with Crippen molar-refractivity contribution in [3.63, 3.8) is 0 Å². The van der Waals surface area contributed by atoms with Gasteiger partial charge in [-0.2, -0.15) is 0 Å². The SMILES string of the molecule is Fc1ccccc1CNCCCOCC1CC1. The van der Waals surface area contributed by atoms with Gasteiger partial charge in [0.25, 0.3) is 0 Å². The summed E-state index contributed by atoms with van der Waals surface area (Å²) in [5.74, 6) is 0.700. The van der Waals surface area contributed by atoms with E-state index in [9.17, 15) is 4.39 Å². The Morgan fingerprint density at radius 2 is 2.12 bits per heavy atom. The van der Waals surface area contributed by atoms with Gasteiger partial charge in [0.05, 0.1) is 0 Å². The molecule has 1 aromatic rings. The molecule has 0 heterocycles. The predicted molar refractivity (Wildman–Crippen MR) is 66.3 cm³/mol. The lowest BCUT2D eigenvalue weighted by Gasteiger charge is -2.06. The molecule has 0 bridgehead atoms. The molecule has 1 saturated carbocycles. The minimum Gasteiger partial charge on any atom is -0.381 e. The Hall–Kier alpha value is -0.930. The highest BCUT2D eigenvalue weighted by atomic mass is 19.1. The van der Waals surface area contributed by atoms with Gasteiger partial charge in [-0.15, -0.1) is 0 Å². The van der Waals surface area contributed by atoms with E-state index >= 15 is 0 Å². The zero-order valence-corrected chi connectivity index (χ0v) is 10.1. The van der Waals surface area contributed by atoms with Gasteiger partial charge in [0.2, 0.25) is 0 Å². The molecule has 2 nitrogen and oxygen atoms in total. The van der Waals surface area contributed by atoms with Crippen LogP contribution in [0.3, 0.4) is 0 Å². The van der Waals surface area contributed by atoms with E-state index in [1.807, 2.05) is 12.1 Å². The fourth-order valence-corrected chi connectivity index (χ4v) is 1.70. The third-order valence-electron chi connectivity index (χ3n) is 2.97. The smallest absolute Gasteiger partial charge is 0.127 e. The van der Waals surface area contributed by atoms with Crippen molar-refractivity contribution >= 4 is 0 Å². The summed E-state index contributed by atoms with van der Waals surface area (Å²) in [4.78, 5) is 0. The fourth-order valence-electron chi connectivity index (χ4n) is 1.70. The maximum Gasteiger partial charge on any atom is 0.127 e. The number of hydrogen-bond donors (Lipinski definition) is 1. The Morgan fingerprint density at radius 3 is 2.88 bits per heavy atom. The number of ether oxygens (including phenoxy) is 1. The minimum atomic E-state index is -0.134. The number of nitrogens with one attached hydrogen (secondary N) is 1. The molecule has 0 atom stereocenters. The van der Waals surface area contributed by atoms with Gasteiger partial charge in [-0.25, -0.2) is 4.39 Å². The normalized spacial score (nSPS) is 15.1. The molecule has 1 N–H and O–H groups in total. The molecule has 0 saturated heterocycles. The zero-order valence-electron chi connectivity index (χ0n) is 10.1. The second-order valence-corrected chi connectivity index (χ2v) is 4.64. The van der Waals surface area contributed by atoms with Crippen molar-refractivity contribution in [1.82, 2.24) is 5.32 Å². The molecule has 0 unspecified atom stereocenters. The van der Waals surface area contributed by atoms with E-state index < -0.39 is 0 Å². The maximum absolute atomic E-state index is 13.3. The quantitative estimate of drug-likeness (QED) is 0.702. The van der Waals surface area contributed by atoms with Gasteiger partial charge in [0, 0.05) is 25.3 Å². The first-order valence-electron chi connectivity index (χ1n) is 6.38. The summed E-state index contributed by atoms with van der Waals surface area (Å²) in [6.07, 6.45) is 3.66. The average molecular weight is 237 g/mol. The largest absolute Gasteiger partial charge is 0.381 e. The van der Waals surface area contributed by atoms with Gasteiger partial charge in [-0.05, 0) is 37.8 Å². The van der Waals surface area contributed by atoms with E-state index in [1.54, 1.807) is 6.07 Å². The van der Waals surface area contributed by atoms with Crippen molar-refractivity contribution in [2.75, 3.05) is 19.8 Å². The first-order valence-corrected chi connectivity index (χ1v) is 6.38. The molecule has 2 rings (SSSR count). The van der Waals surface area contributed by atoms with Crippen LogP contribution in [0.1, 0.15) is 24.8 Å². The molecule has 1 fully saturated rings. The van der Waals surface area contributed by atoms with Crippen LogP contribution in [0.5, 0.6) is 0 Å². The summed E-state index contributed by atoms with van der Waals surface area (Å²) >= 11 is 0. The second kappa shape index (κ2) is 6.72. The first kappa shape index (κ1) is 12.5. The minimum absolute atomic E-state index is 0.134. The third kappa shape index (κ3) is 4.84. The molecule has 3 heteroatoms. The Labute approximate surface area is 102 Å². The molecule has 94 valence electrons. The number of rotatable bonds is 8. The lowest BCUT2D eigenvalue weighted by atomic mass is 10.2. The summed E-state index contributed by atoms with van der Waals surface area (Å²) in [5.41, 5.74) is 0.728. The fraction of sp³-hybridized carbons (Fsp3) is 0.571. The van der Waals surface area contributed by atoms with Crippen molar-refractivity contribution in [3.8, 4) is 0 Å². The van der Waals surface area contributed by atoms with E-state index in [1.165, 1.54) is 18.9 Å². The van der Waals surface area contributed by atoms with Crippen LogP contribution < -0.4 is 5.32 Å². The molecular weight excluding hydrogens is 217 g/mol. The topological polar surface area (TPSA) is 21.3 Å². The highest BCUT2D eigenvalue weighted by Crippen LogP contribution is 2.28. The van der Waals surface area contributed by atoms with Crippen molar-refractivity contribution in [2.45, 2.75) is 25.8 Å². The molecule has 0 amide bonds. The molecule has 0 spiro atoms. The van der Waals surface area contributed by atoms with E-state index in [0.717, 1.165) is 37.7 Å². The summed E-state index contributed by atoms with van der Waals surface area (Å²) in [5, 5.41) is 3.23. The van der Waals surface area contributed by atoms with Crippen molar-refractivity contribution in [3.05, 3.63) is 35.6 Å². The van der Waals surface area contributed by atoms with Crippen molar-refractivity contribution in [1.29, 1.82) is 0 Å². The second-order valence-electron chi connectivity index (χ2n) is 4.64. The molecular formula is C14H20FNO. The van der Waals surface area contributed by atoms with E-state index in [4.69, 9.17) is 4.74 Å². The van der Waals surface area contributed by atoms with Crippen LogP contribution in [0.4, 0.5) is 4.39 Å². The molecule has 1 aromatic carbocycles. The molecule has 1 aliphatic rings. The van der Waals surface area contributed by atoms with Gasteiger partial charge in [0.15, 0.2) is 0 Å². The molecule has 0 aromatic heterocycles. The Kier molecular flexibility index (Phi) is 4.95. The summed E-state index contributed by atoms with van der Waals surface area (Å²) in [6, 6.07) is 6.88. The van der Waals surface area contributed by atoms with Crippen LogP contribution in [0.2, 0.25) is 0 Å². The van der Waals surface area contributed by atoms with Crippen LogP contribution in [0.15, 0.2) is 24.3 Å². The van der Waals surface area contributed by atoms with Crippen molar-refractivity contribution in [2.24, 2.45) is 5.92 Å². The summed E-state index contributed by atoms with van der Waals surface area (Å²) < 4.78 is 18.8. The molecule has 17 heavy (non-hydrogen) atoms. The van der Waals surface area contributed by atoms with Gasteiger partial charge < -0.3 is 10.1 Å². The lowest BCUT2D eigenvalue weighted by molar-refractivity contribution is 0.122. The average Bonchev–Trinajstić information content (AvgIpc) is 3.14. The maximum atomic E-state index is 13.3. The summed E-state index contributed by atoms with van der Waals surface area (Å²) in [7, 11) is 0. The number of hydrogen-bond acceptors (Lipinski definition) is 2. The third-order valence-corrected chi connectivity index (χ3v) is 2.97. The van der Waals surface area contributed by atoms with Gasteiger partial charge in [-0.1, -0.05) is 18.2 Å². The van der Waals surface area contributed by atoms with Gasteiger partial charge in [-0.3, -0.25) is 0 Å². The number of benzene rings is 1. The van der Waals surface area contributed by atoms with Crippen LogP contribution in [-0.2, 0) is 11.3 Å². The van der Waals surface area contributed by atoms with Crippen LogP contribution >= 0.6 is 0 Å². The van der Waals surface area contributed by atoms with E-state index in [0.29, 0.717) is 6.54 Å². The van der Waals surface area contributed by atoms with Crippen LogP contribution in [-0.4, -0.2) is 19.8 Å². The molecule has 1 aliphatic carbocycles. The van der Waals surface area contributed by atoms with E-state index in [2.05, 4.69) is 5.32 Å². The Morgan fingerprint density at radius 1 is 1.29 bits per heavy atom. The van der Waals surface area contributed by atoms with Crippen LogP contribution in [0.25, 0.3) is 0 Å². The summed E-state index contributed by atoms with van der Waals surface area (Å²) in [6.45, 7) is 3.20. The molecule has 0 radical (unpaired) electrons. The lowest BCUT2D eigenvalue weighted by Crippen LogP contribution is -2.17. The van der Waals surface area contributed by atoms with Gasteiger partial charge in [0.1, 0.15) is 5.82 Å². The monoisotopic (exact) mass is 237 g/mol. The van der Waals surface area contributed by atoms with Gasteiger partial charge >= 0.3 is 0 Å². The Bertz CT molecular complexity index is 339. The van der Waals surface area contributed by atoms with Crippen LogP contribution in [0, 0.1) is 11.7 Å². The predicted octanol–water partition coefficient (Wildman–Crippen LogP) is 2.73. The van der Waals surface area contributed by atoms with Crippen molar-refractivity contribution < 1.29 is 9.13 Å². The highest BCUT2D eigenvalue weighted by molar-refractivity contribution is 5.16.